The molecule has 260 valence electrons. The van der Waals surface area contributed by atoms with E-state index >= 15 is 0 Å². The molecule has 4 bridgehead atoms. The van der Waals surface area contributed by atoms with Crippen LogP contribution in [0.25, 0.3) is 0 Å². The van der Waals surface area contributed by atoms with Crippen molar-refractivity contribution in [3.63, 3.8) is 0 Å². The highest BCUT2D eigenvalue weighted by atomic mass is 16.7. The van der Waals surface area contributed by atoms with E-state index in [2.05, 4.69) is 25.2 Å². The molecule has 4 fully saturated rings. The van der Waals surface area contributed by atoms with Gasteiger partial charge < -0.3 is 39.3 Å². The zero-order valence-electron chi connectivity index (χ0n) is 28.7. The predicted molar refractivity (Wildman–Crippen MR) is 171 cm³/mol. The number of carboxylic acids is 1. The van der Waals surface area contributed by atoms with Gasteiger partial charge in [0, 0.05) is 19.1 Å². The zero-order chi connectivity index (χ0) is 33.4. The number of fused-ring (bicyclic) bond motifs is 2. The molecule has 4 aliphatic carbocycles. The minimum atomic E-state index is -1.39. The SMILES string of the molecule is CCCCCCCCNC(=O)O[C@H]1[C@H](O)[C@H](OCC23C[C@@H]4[C@H](C)CC[C@H]4C4(C=O)CC2C=C(C(C)C)C34C(=O)O)O[C@H](C)[C@H]1OC. The molecule has 5 rings (SSSR count). The third kappa shape index (κ3) is 5.34. The molecule has 1 aliphatic heterocycles. The number of hydrogen-bond acceptors (Lipinski definition) is 8. The van der Waals surface area contributed by atoms with Gasteiger partial charge in [-0.1, -0.05) is 77.9 Å². The first-order chi connectivity index (χ1) is 21.9. The molecule has 1 amide bonds. The van der Waals surface area contributed by atoms with Crippen molar-refractivity contribution in [3.8, 4) is 0 Å². The number of ether oxygens (including phenoxy) is 4. The Balaban J connectivity index is 1.35. The van der Waals surface area contributed by atoms with Gasteiger partial charge in [-0.3, -0.25) is 4.79 Å². The number of aliphatic hydroxyl groups is 1. The maximum Gasteiger partial charge on any atom is 0.407 e. The molecule has 0 aromatic heterocycles. The maximum absolute atomic E-state index is 13.7. The number of aliphatic hydroxyl groups excluding tert-OH is 1. The number of carboxylic acid groups (broad SMARTS) is 1. The highest BCUT2D eigenvalue weighted by molar-refractivity contribution is 5.90. The Hall–Kier alpha value is -2.01. The van der Waals surface area contributed by atoms with Gasteiger partial charge in [0.05, 0.1) is 18.1 Å². The fourth-order valence-electron chi connectivity index (χ4n) is 10.7. The molecule has 10 heteroatoms. The van der Waals surface area contributed by atoms with Crippen molar-refractivity contribution in [1.82, 2.24) is 5.32 Å². The lowest BCUT2D eigenvalue weighted by Crippen LogP contribution is -2.64. The number of allylic oxidation sites excluding steroid dienone is 1. The van der Waals surface area contributed by atoms with Crippen molar-refractivity contribution in [3.05, 3.63) is 11.6 Å². The third-order valence-electron chi connectivity index (χ3n) is 12.7. The van der Waals surface area contributed by atoms with Crippen LogP contribution in [0, 0.1) is 45.8 Å². The number of carbonyl (C=O) groups excluding carboxylic acids is 2. The van der Waals surface area contributed by atoms with Crippen molar-refractivity contribution in [1.29, 1.82) is 0 Å². The second-order valence-corrected chi connectivity index (χ2v) is 15.3. The molecule has 0 radical (unpaired) electrons. The Bertz CT molecular complexity index is 1160. The van der Waals surface area contributed by atoms with Crippen LogP contribution in [0.15, 0.2) is 11.6 Å². The fourth-order valence-corrected chi connectivity index (χ4v) is 10.7. The Morgan fingerprint density at radius 1 is 1.11 bits per heavy atom. The van der Waals surface area contributed by atoms with Crippen LogP contribution in [0.5, 0.6) is 0 Å². The molecule has 0 aromatic rings. The second-order valence-electron chi connectivity index (χ2n) is 15.3. The van der Waals surface area contributed by atoms with Gasteiger partial charge in [-0.05, 0) is 62.2 Å². The van der Waals surface area contributed by atoms with E-state index in [4.69, 9.17) is 18.9 Å². The summed E-state index contributed by atoms with van der Waals surface area (Å²) in [4.78, 5) is 39.8. The summed E-state index contributed by atoms with van der Waals surface area (Å²) in [6.45, 7) is 10.7. The Labute approximate surface area is 274 Å². The van der Waals surface area contributed by atoms with Gasteiger partial charge in [-0.15, -0.1) is 0 Å². The normalized spacial score (nSPS) is 42.5. The molecule has 12 atom stereocenters. The summed E-state index contributed by atoms with van der Waals surface area (Å²) in [5, 5.41) is 25.5. The lowest BCUT2D eigenvalue weighted by atomic mass is 9.43. The van der Waals surface area contributed by atoms with Gasteiger partial charge >= 0.3 is 12.1 Å². The van der Waals surface area contributed by atoms with E-state index < -0.39 is 59.0 Å². The van der Waals surface area contributed by atoms with Gasteiger partial charge in [-0.25, -0.2) is 4.79 Å². The number of aliphatic carboxylic acids is 1. The van der Waals surface area contributed by atoms with Crippen molar-refractivity contribution in [2.75, 3.05) is 20.3 Å². The minimum absolute atomic E-state index is 0.00522. The molecule has 3 N–H and O–H groups in total. The highest BCUT2D eigenvalue weighted by Gasteiger charge is 2.84. The summed E-state index contributed by atoms with van der Waals surface area (Å²) in [6.07, 6.45) is 7.10. The standard InChI is InChI=1S/C36H57NO9/c1-7-8-9-10-11-12-15-37-33(42)46-30-28(39)31(45-23(5)29(30)43-6)44-20-35-18-25-22(4)13-14-26(25)34(19-38)17-24(35)16-27(21(2)3)36(34,35)32(40)41/h16,19,21-26,28-31,39H,7-15,17-18,20H2,1-6H3,(H,37,42)(H,40,41)/t22-,23-,24?,25-,26-,28+,29-,30+,31-,34?,35?,36?/m1/s1. The topological polar surface area (TPSA) is 141 Å². The minimum Gasteiger partial charge on any atom is -0.481 e. The Kier molecular flexibility index (Phi) is 10.6. The molecule has 4 unspecified atom stereocenters. The number of methoxy groups -OCH3 is 1. The number of rotatable bonds is 15. The first kappa shape index (κ1) is 35.3. The predicted octanol–water partition coefficient (Wildman–Crippen LogP) is 5.50. The zero-order valence-corrected chi connectivity index (χ0v) is 28.7. The molecule has 5 aliphatic rings. The number of nitrogens with one attached hydrogen (secondary N) is 1. The average molecular weight is 648 g/mol. The molecule has 0 spiro atoms. The number of aldehydes is 1. The quantitative estimate of drug-likeness (QED) is 0.119. The molecular formula is C36H57NO9. The first-order valence-electron chi connectivity index (χ1n) is 17.8. The summed E-state index contributed by atoms with van der Waals surface area (Å²) in [5.41, 5.74) is -2.44. The van der Waals surface area contributed by atoms with Crippen LogP contribution in [-0.4, -0.2) is 79.5 Å². The van der Waals surface area contributed by atoms with Gasteiger partial charge in [0.2, 0.25) is 0 Å². The summed E-state index contributed by atoms with van der Waals surface area (Å²) in [7, 11) is 1.48. The molecule has 1 heterocycles. The van der Waals surface area contributed by atoms with E-state index in [0.29, 0.717) is 25.3 Å². The van der Waals surface area contributed by atoms with Gasteiger partial charge in [0.1, 0.15) is 23.9 Å². The van der Waals surface area contributed by atoms with Crippen LogP contribution in [0.3, 0.4) is 0 Å². The summed E-state index contributed by atoms with van der Waals surface area (Å²) in [6, 6.07) is 0. The number of unbranched alkanes of at least 4 members (excludes halogenated alkanes) is 5. The average Bonchev–Trinajstić information content (AvgIpc) is 3.59. The van der Waals surface area contributed by atoms with Crippen molar-refractivity contribution in [2.24, 2.45) is 45.8 Å². The van der Waals surface area contributed by atoms with Crippen LogP contribution >= 0.6 is 0 Å². The van der Waals surface area contributed by atoms with E-state index in [0.717, 1.165) is 44.0 Å². The van der Waals surface area contributed by atoms with Gasteiger partial charge in [0.15, 0.2) is 12.4 Å². The van der Waals surface area contributed by atoms with E-state index in [1.165, 1.54) is 26.4 Å². The van der Waals surface area contributed by atoms with Crippen molar-refractivity contribution in [2.45, 2.75) is 130 Å². The molecule has 46 heavy (non-hydrogen) atoms. The molecule has 0 aromatic carbocycles. The largest absolute Gasteiger partial charge is 0.481 e. The summed E-state index contributed by atoms with van der Waals surface area (Å²) in [5.74, 6) is -0.547. The molecular weight excluding hydrogens is 590 g/mol. The van der Waals surface area contributed by atoms with E-state index in [9.17, 15) is 24.6 Å². The van der Waals surface area contributed by atoms with Gasteiger partial charge in [-0.2, -0.15) is 0 Å². The molecule has 1 saturated heterocycles. The molecule has 10 nitrogen and oxygen atoms in total. The van der Waals surface area contributed by atoms with Crippen LogP contribution in [0.1, 0.15) is 98.8 Å². The maximum atomic E-state index is 13.7. The molecule has 3 saturated carbocycles. The van der Waals surface area contributed by atoms with E-state index in [1.54, 1.807) is 6.92 Å². The number of alkyl carbamates (subject to hydrolysis) is 1. The first-order valence-corrected chi connectivity index (χ1v) is 17.8. The van der Waals surface area contributed by atoms with E-state index in [-0.39, 0.29) is 30.3 Å². The van der Waals surface area contributed by atoms with Crippen molar-refractivity contribution >= 4 is 18.3 Å². The van der Waals surface area contributed by atoms with Crippen LogP contribution in [-0.2, 0) is 28.5 Å². The smallest absolute Gasteiger partial charge is 0.407 e. The fraction of sp³-hybridized carbons (Fsp3) is 0.861. The summed E-state index contributed by atoms with van der Waals surface area (Å²) >= 11 is 0. The van der Waals surface area contributed by atoms with Gasteiger partial charge in [0.25, 0.3) is 0 Å². The lowest BCUT2D eigenvalue weighted by Gasteiger charge is -2.58. The third-order valence-corrected chi connectivity index (χ3v) is 12.7. The highest BCUT2D eigenvalue weighted by Crippen LogP contribution is 2.82. The Morgan fingerprint density at radius 2 is 1.83 bits per heavy atom. The number of hydrogen-bond donors (Lipinski definition) is 3. The lowest BCUT2D eigenvalue weighted by molar-refractivity contribution is -0.306. The van der Waals surface area contributed by atoms with Crippen LogP contribution in [0.2, 0.25) is 0 Å². The monoisotopic (exact) mass is 647 g/mol. The second kappa shape index (κ2) is 13.8. The van der Waals surface area contributed by atoms with Crippen molar-refractivity contribution < 1.29 is 43.5 Å². The summed E-state index contributed by atoms with van der Waals surface area (Å²) < 4.78 is 24.0. The van der Waals surface area contributed by atoms with E-state index in [1.807, 2.05) is 13.8 Å². The number of carbonyl (C=O) groups is 3. The number of amides is 1. The van der Waals surface area contributed by atoms with Crippen LogP contribution < -0.4 is 5.32 Å². The Morgan fingerprint density at radius 3 is 2.48 bits per heavy atom. The van der Waals surface area contributed by atoms with Crippen LogP contribution in [0.4, 0.5) is 4.79 Å².